The average Bonchev–Trinajstić information content (AvgIpc) is 3.44. The standard InChI is InChI=1S/C25H26N5O5/c1-3-16(2)24(33)29-23-19-9-10-20(30(19)28-15-27-23)25(14-26)21(31)12-18(35-25)13-34-22(32)11-17-7-5-4-6-8-17/h4-10,12,15-16,18,21,31H,3,11,13H2,1-2H3,(H,27,28,29,33)/t16-,18+,21+,25-/m0/s1. The molecule has 2 aromatic heterocycles. The van der Waals surface area contributed by atoms with Crippen molar-refractivity contribution in [3.63, 3.8) is 0 Å². The molecule has 1 aliphatic rings. The zero-order valence-corrected chi connectivity index (χ0v) is 19.4. The van der Waals surface area contributed by atoms with Crippen LogP contribution in [0.3, 0.4) is 0 Å². The van der Waals surface area contributed by atoms with Gasteiger partial charge < -0.3 is 19.9 Å². The number of aromatic nitrogens is 3. The maximum absolute atomic E-state index is 12.4. The van der Waals surface area contributed by atoms with Crippen molar-refractivity contribution in [1.82, 2.24) is 14.6 Å². The number of benzene rings is 1. The maximum atomic E-state index is 12.4. The van der Waals surface area contributed by atoms with Crippen LogP contribution >= 0.6 is 0 Å². The topological polar surface area (TPSA) is 139 Å². The van der Waals surface area contributed by atoms with Gasteiger partial charge in [0.2, 0.25) is 11.5 Å². The Bertz CT molecular complexity index is 1250. The lowest BCUT2D eigenvalue weighted by atomic mass is 9.94. The summed E-state index contributed by atoms with van der Waals surface area (Å²) >= 11 is 0. The molecule has 1 aliphatic heterocycles. The Labute approximate surface area is 202 Å². The van der Waals surface area contributed by atoms with Crippen LogP contribution in [0.2, 0.25) is 0 Å². The van der Waals surface area contributed by atoms with Crippen LogP contribution in [0.1, 0.15) is 31.5 Å². The highest BCUT2D eigenvalue weighted by Gasteiger charge is 2.52. The first-order chi connectivity index (χ1) is 16.9. The Morgan fingerprint density at radius 3 is 2.80 bits per heavy atom. The number of hydrogen-bond donors (Lipinski definition) is 2. The summed E-state index contributed by atoms with van der Waals surface area (Å²) < 4.78 is 12.7. The van der Waals surface area contributed by atoms with E-state index < -0.39 is 23.8 Å². The molecule has 181 valence electrons. The second-order valence-corrected chi connectivity index (χ2v) is 8.41. The molecule has 0 saturated carbocycles. The van der Waals surface area contributed by atoms with Crippen molar-refractivity contribution in [3.8, 4) is 6.07 Å². The largest absolute Gasteiger partial charge is 0.463 e. The molecule has 4 rings (SSSR count). The fraction of sp³-hybridized carbons (Fsp3) is 0.360. The van der Waals surface area contributed by atoms with E-state index in [0.29, 0.717) is 11.9 Å². The number of amides is 1. The van der Waals surface area contributed by atoms with Crippen LogP contribution in [0.25, 0.3) is 5.52 Å². The van der Waals surface area contributed by atoms with Crippen molar-refractivity contribution in [3.05, 3.63) is 66.5 Å². The molecule has 3 aromatic rings. The van der Waals surface area contributed by atoms with E-state index in [0.717, 1.165) is 5.56 Å². The normalized spacial score (nSPS) is 22.5. The lowest BCUT2D eigenvalue weighted by molar-refractivity contribution is -0.148. The molecule has 0 spiro atoms. The number of rotatable bonds is 8. The van der Waals surface area contributed by atoms with Gasteiger partial charge in [0.1, 0.15) is 36.7 Å². The highest BCUT2D eigenvalue weighted by molar-refractivity contribution is 5.94. The van der Waals surface area contributed by atoms with E-state index in [1.165, 1.54) is 17.3 Å². The summed E-state index contributed by atoms with van der Waals surface area (Å²) in [5.41, 5.74) is -0.258. The van der Waals surface area contributed by atoms with Gasteiger partial charge in [0.15, 0.2) is 5.82 Å². The number of nitriles is 1. The van der Waals surface area contributed by atoms with Gasteiger partial charge in [0.05, 0.1) is 12.1 Å². The van der Waals surface area contributed by atoms with Crippen LogP contribution < -0.4 is 5.32 Å². The summed E-state index contributed by atoms with van der Waals surface area (Å²) in [6, 6.07) is 14.5. The molecule has 1 saturated heterocycles. The van der Waals surface area contributed by atoms with Crippen molar-refractivity contribution >= 4 is 23.2 Å². The lowest BCUT2D eigenvalue weighted by Gasteiger charge is -2.24. The number of aliphatic hydroxyl groups is 1. The third-order valence-electron chi connectivity index (χ3n) is 6.05. The van der Waals surface area contributed by atoms with Gasteiger partial charge in [0, 0.05) is 12.3 Å². The molecule has 35 heavy (non-hydrogen) atoms. The van der Waals surface area contributed by atoms with E-state index in [1.807, 2.05) is 44.2 Å². The van der Waals surface area contributed by atoms with Gasteiger partial charge in [-0.3, -0.25) is 9.59 Å². The number of carbonyl (C=O) groups is 2. The smallest absolute Gasteiger partial charge is 0.310 e. The van der Waals surface area contributed by atoms with Gasteiger partial charge in [-0.15, -0.1) is 0 Å². The maximum Gasteiger partial charge on any atom is 0.310 e. The molecule has 0 aliphatic carbocycles. The third kappa shape index (κ3) is 4.87. The molecule has 1 fully saturated rings. The van der Waals surface area contributed by atoms with Crippen LogP contribution in [0, 0.1) is 23.7 Å². The number of carbonyl (C=O) groups excluding carboxylic acids is 2. The first-order valence-electron chi connectivity index (χ1n) is 11.3. The molecule has 10 nitrogen and oxygen atoms in total. The number of fused-ring (bicyclic) bond motifs is 1. The molecular formula is C25H26N5O5. The quantitative estimate of drug-likeness (QED) is 0.472. The van der Waals surface area contributed by atoms with Crippen molar-refractivity contribution in [1.29, 1.82) is 5.26 Å². The van der Waals surface area contributed by atoms with E-state index >= 15 is 0 Å². The van der Waals surface area contributed by atoms with E-state index in [4.69, 9.17) is 9.47 Å². The molecule has 1 amide bonds. The van der Waals surface area contributed by atoms with Gasteiger partial charge >= 0.3 is 5.97 Å². The van der Waals surface area contributed by atoms with Crippen LogP contribution in [-0.2, 0) is 31.1 Å². The second-order valence-electron chi connectivity index (χ2n) is 8.41. The number of anilines is 1. The number of hydrogen-bond acceptors (Lipinski definition) is 8. The van der Waals surface area contributed by atoms with Crippen LogP contribution in [0.15, 0.2) is 48.8 Å². The van der Waals surface area contributed by atoms with Crippen LogP contribution in [-0.4, -0.2) is 50.4 Å². The van der Waals surface area contributed by atoms with E-state index in [-0.39, 0.29) is 36.4 Å². The van der Waals surface area contributed by atoms with Gasteiger partial charge in [-0.1, -0.05) is 44.2 Å². The summed E-state index contributed by atoms with van der Waals surface area (Å²) in [5, 5.41) is 27.8. The molecule has 4 atom stereocenters. The molecular weight excluding hydrogens is 450 g/mol. The van der Waals surface area contributed by atoms with Crippen LogP contribution in [0.4, 0.5) is 5.82 Å². The Morgan fingerprint density at radius 1 is 1.31 bits per heavy atom. The zero-order chi connectivity index (χ0) is 25.0. The van der Waals surface area contributed by atoms with Crippen LogP contribution in [0.5, 0.6) is 0 Å². The Morgan fingerprint density at radius 2 is 2.09 bits per heavy atom. The highest BCUT2D eigenvalue weighted by atomic mass is 16.6. The average molecular weight is 477 g/mol. The summed E-state index contributed by atoms with van der Waals surface area (Å²) in [5.74, 6) is -0.550. The summed E-state index contributed by atoms with van der Waals surface area (Å²) in [6.07, 6.45) is 1.33. The minimum atomic E-state index is -1.78. The minimum absolute atomic E-state index is 0.102. The number of ether oxygens (including phenoxy) is 2. The van der Waals surface area contributed by atoms with Gasteiger partial charge in [-0.25, -0.2) is 9.50 Å². The SMILES string of the molecule is CC[C@H](C)C(=O)Nc1ncnn2c([C@]3(C#N)O[C@@H](COC(=O)Cc4ccccc4)[CH][C@H]3O)ccc12. The predicted molar refractivity (Wildman–Crippen MR) is 125 cm³/mol. The van der Waals surface area contributed by atoms with Crippen molar-refractivity contribution in [2.75, 3.05) is 11.9 Å². The van der Waals surface area contributed by atoms with Gasteiger partial charge in [-0.05, 0) is 24.1 Å². The zero-order valence-electron chi connectivity index (χ0n) is 19.4. The Kier molecular flexibility index (Phi) is 7.10. The Hall–Kier alpha value is -3.81. The van der Waals surface area contributed by atoms with Crippen molar-refractivity contribution < 1.29 is 24.2 Å². The fourth-order valence-electron chi connectivity index (χ4n) is 3.86. The number of nitrogens with zero attached hydrogens (tertiary/aromatic N) is 4. The summed E-state index contributed by atoms with van der Waals surface area (Å²) in [4.78, 5) is 28.7. The predicted octanol–water partition coefficient (Wildman–Crippen LogP) is 2.18. The van der Waals surface area contributed by atoms with E-state index in [1.54, 1.807) is 12.1 Å². The van der Waals surface area contributed by atoms with Crippen molar-refractivity contribution in [2.24, 2.45) is 5.92 Å². The van der Waals surface area contributed by atoms with Gasteiger partial charge in [-0.2, -0.15) is 10.4 Å². The molecule has 10 heteroatoms. The summed E-state index contributed by atoms with van der Waals surface area (Å²) in [7, 11) is 0. The Balaban J connectivity index is 1.51. The summed E-state index contributed by atoms with van der Waals surface area (Å²) in [6.45, 7) is 3.57. The first kappa shape index (κ1) is 24.3. The second kappa shape index (κ2) is 10.2. The monoisotopic (exact) mass is 476 g/mol. The number of nitrogens with one attached hydrogen (secondary N) is 1. The molecule has 0 bridgehead atoms. The molecule has 1 radical (unpaired) electrons. The molecule has 3 heterocycles. The van der Waals surface area contributed by atoms with Crippen molar-refractivity contribution in [2.45, 2.75) is 44.5 Å². The molecule has 2 N–H and O–H groups in total. The fourth-order valence-corrected chi connectivity index (χ4v) is 3.86. The van der Waals surface area contributed by atoms with E-state index in [2.05, 4.69) is 21.5 Å². The van der Waals surface area contributed by atoms with Gasteiger partial charge in [0.25, 0.3) is 0 Å². The number of esters is 1. The molecule has 0 unspecified atom stereocenters. The highest BCUT2D eigenvalue weighted by Crippen LogP contribution is 2.39. The minimum Gasteiger partial charge on any atom is -0.463 e. The molecule has 1 aromatic carbocycles. The third-order valence-corrected chi connectivity index (χ3v) is 6.05. The lowest BCUT2D eigenvalue weighted by Crippen LogP contribution is -2.37. The first-order valence-corrected chi connectivity index (χ1v) is 11.3. The van der Waals surface area contributed by atoms with E-state index in [9.17, 15) is 20.0 Å². The number of aliphatic hydroxyl groups excluding tert-OH is 1.